The number of thioether (sulfide) groups is 1. The lowest BCUT2D eigenvalue weighted by Crippen LogP contribution is -2.27. The Balaban J connectivity index is 1.95. The van der Waals surface area contributed by atoms with Crippen LogP contribution in [0.25, 0.3) is 10.9 Å². The van der Waals surface area contributed by atoms with E-state index in [0.717, 1.165) is 23.1 Å². The quantitative estimate of drug-likeness (QED) is 0.930. The summed E-state index contributed by atoms with van der Waals surface area (Å²) in [5.74, 6) is 1.24. The summed E-state index contributed by atoms with van der Waals surface area (Å²) < 4.78 is 0.275. The molecule has 1 fully saturated rings. The minimum atomic E-state index is 0.275. The third kappa shape index (κ3) is 2.46. The van der Waals surface area contributed by atoms with Gasteiger partial charge in [0, 0.05) is 22.9 Å². The first-order valence-corrected chi connectivity index (χ1v) is 7.86. The summed E-state index contributed by atoms with van der Waals surface area (Å²) in [5.41, 5.74) is 2.47. The van der Waals surface area contributed by atoms with Crippen molar-refractivity contribution in [3.63, 3.8) is 0 Å². The summed E-state index contributed by atoms with van der Waals surface area (Å²) >= 11 is 2.02. The van der Waals surface area contributed by atoms with E-state index in [1.54, 1.807) is 6.20 Å². The third-order valence-electron chi connectivity index (χ3n) is 3.84. The number of nitrogens with one attached hydrogen (secondary N) is 1. The van der Waals surface area contributed by atoms with Crippen molar-refractivity contribution in [1.29, 1.82) is 5.26 Å². The molecule has 1 N–H and O–H groups in total. The Morgan fingerprint density at radius 3 is 3.05 bits per heavy atom. The van der Waals surface area contributed by atoms with Crippen molar-refractivity contribution in [2.45, 2.75) is 24.5 Å². The summed E-state index contributed by atoms with van der Waals surface area (Å²) in [5, 5.41) is 13.8. The highest BCUT2D eigenvalue weighted by atomic mass is 32.2. The van der Waals surface area contributed by atoms with Crippen molar-refractivity contribution in [2.75, 3.05) is 17.6 Å². The van der Waals surface area contributed by atoms with Crippen LogP contribution in [0.4, 0.5) is 5.69 Å². The third-order valence-corrected chi connectivity index (χ3v) is 5.37. The SMILES string of the molecule is CC1(CNc2c(C#N)cnc3ccccc23)CCCS1. The van der Waals surface area contributed by atoms with Crippen LogP contribution < -0.4 is 5.32 Å². The van der Waals surface area contributed by atoms with Gasteiger partial charge in [0.15, 0.2) is 0 Å². The lowest BCUT2D eigenvalue weighted by atomic mass is 10.0. The van der Waals surface area contributed by atoms with E-state index < -0.39 is 0 Å². The van der Waals surface area contributed by atoms with Gasteiger partial charge in [0.05, 0.1) is 16.8 Å². The summed E-state index contributed by atoms with van der Waals surface area (Å²) in [7, 11) is 0. The molecule has 1 atom stereocenters. The molecule has 1 saturated heterocycles. The minimum absolute atomic E-state index is 0.275. The second kappa shape index (κ2) is 5.34. The van der Waals surface area contributed by atoms with Gasteiger partial charge in [0.25, 0.3) is 0 Å². The fourth-order valence-electron chi connectivity index (χ4n) is 2.67. The number of pyridine rings is 1. The molecule has 3 nitrogen and oxygen atoms in total. The Kier molecular flexibility index (Phi) is 3.54. The molecule has 0 aliphatic carbocycles. The van der Waals surface area contributed by atoms with Crippen LogP contribution in [0.3, 0.4) is 0 Å². The van der Waals surface area contributed by atoms with Gasteiger partial charge in [-0.05, 0) is 31.6 Å². The fraction of sp³-hybridized carbons (Fsp3) is 0.375. The molecule has 102 valence electrons. The van der Waals surface area contributed by atoms with Crippen LogP contribution in [0.5, 0.6) is 0 Å². The first kappa shape index (κ1) is 13.3. The van der Waals surface area contributed by atoms with E-state index >= 15 is 0 Å². The second-order valence-electron chi connectivity index (χ2n) is 5.43. The van der Waals surface area contributed by atoms with Gasteiger partial charge in [0.2, 0.25) is 0 Å². The number of para-hydroxylation sites is 1. The molecule has 1 aromatic heterocycles. The Labute approximate surface area is 123 Å². The standard InChI is InChI=1S/C16H17N3S/c1-16(7-4-8-20-16)11-19-15-12(9-17)10-18-14-6-3-2-5-13(14)15/h2-3,5-6,10H,4,7-8,11H2,1H3,(H,18,19). The van der Waals surface area contributed by atoms with Crippen LogP contribution in [0.1, 0.15) is 25.3 Å². The van der Waals surface area contributed by atoms with Crippen molar-refractivity contribution in [3.05, 3.63) is 36.0 Å². The summed E-state index contributed by atoms with van der Waals surface area (Å²) in [6.07, 6.45) is 4.18. The maximum atomic E-state index is 9.30. The first-order chi connectivity index (χ1) is 9.72. The molecule has 3 rings (SSSR count). The van der Waals surface area contributed by atoms with Gasteiger partial charge in [-0.2, -0.15) is 17.0 Å². The minimum Gasteiger partial charge on any atom is -0.382 e. The van der Waals surface area contributed by atoms with E-state index in [-0.39, 0.29) is 4.75 Å². The number of anilines is 1. The van der Waals surface area contributed by atoms with Gasteiger partial charge in [0.1, 0.15) is 6.07 Å². The molecule has 0 amide bonds. The molecule has 20 heavy (non-hydrogen) atoms. The molecule has 1 aliphatic heterocycles. The predicted octanol–water partition coefficient (Wildman–Crippen LogP) is 3.80. The lowest BCUT2D eigenvalue weighted by Gasteiger charge is -2.24. The highest BCUT2D eigenvalue weighted by molar-refractivity contribution is 8.00. The van der Waals surface area contributed by atoms with E-state index in [0.29, 0.717) is 5.56 Å². The highest BCUT2D eigenvalue weighted by Gasteiger charge is 2.29. The van der Waals surface area contributed by atoms with Gasteiger partial charge in [-0.3, -0.25) is 4.98 Å². The Morgan fingerprint density at radius 2 is 2.30 bits per heavy atom. The number of benzene rings is 1. The number of hydrogen-bond donors (Lipinski definition) is 1. The Bertz CT molecular complexity index is 669. The van der Waals surface area contributed by atoms with Crippen molar-refractivity contribution < 1.29 is 0 Å². The molecular weight excluding hydrogens is 266 g/mol. The number of rotatable bonds is 3. The number of hydrogen-bond acceptors (Lipinski definition) is 4. The molecule has 0 radical (unpaired) electrons. The maximum Gasteiger partial charge on any atom is 0.103 e. The topological polar surface area (TPSA) is 48.7 Å². The average Bonchev–Trinajstić information content (AvgIpc) is 2.91. The average molecular weight is 283 g/mol. The van der Waals surface area contributed by atoms with Crippen LogP contribution in [-0.4, -0.2) is 22.0 Å². The van der Waals surface area contributed by atoms with Gasteiger partial charge in [-0.1, -0.05) is 18.2 Å². The molecule has 4 heteroatoms. The first-order valence-electron chi connectivity index (χ1n) is 6.87. The monoisotopic (exact) mass is 283 g/mol. The highest BCUT2D eigenvalue weighted by Crippen LogP contribution is 2.38. The van der Waals surface area contributed by atoms with Gasteiger partial charge < -0.3 is 5.32 Å². The maximum absolute atomic E-state index is 9.30. The number of fused-ring (bicyclic) bond motifs is 1. The summed E-state index contributed by atoms with van der Waals surface area (Å²) in [6, 6.07) is 10.2. The molecule has 1 aliphatic rings. The van der Waals surface area contributed by atoms with Gasteiger partial charge in [-0.25, -0.2) is 0 Å². The van der Waals surface area contributed by atoms with Crippen LogP contribution in [0.2, 0.25) is 0 Å². The van der Waals surface area contributed by atoms with E-state index in [4.69, 9.17) is 0 Å². The molecule has 1 unspecified atom stereocenters. The molecule has 0 bridgehead atoms. The zero-order chi connectivity index (χ0) is 14.0. The second-order valence-corrected chi connectivity index (χ2v) is 7.11. The van der Waals surface area contributed by atoms with Gasteiger partial charge >= 0.3 is 0 Å². The van der Waals surface area contributed by atoms with Crippen molar-refractivity contribution >= 4 is 28.4 Å². The largest absolute Gasteiger partial charge is 0.382 e. The summed E-state index contributed by atoms with van der Waals surface area (Å²) in [4.78, 5) is 4.34. The van der Waals surface area contributed by atoms with Crippen molar-refractivity contribution in [1.82, 2.24) is 4.98 Å². The molecule has 0 saturated carbocycles. The van der Waals surface area contributed by atoms with Crippen LogP contribution >= 0.6 is 11.8 Å². The van der Waals surface area contributed by atoms with Crippen LogP contribution in [0, 0.1) is 11.3 Å². The molecule has 2 aromatic rings. The number of aromatic nitrogens is 1. The lowest BCUT2D eigenvalue weighted by molar-refractivity contribution is 0.635. The molecule has 1 aromatic carbocycles. The van der Waals surface area contributed by atoms with E-state index in [1.807, 2.05) is 36.0 Å². The van der Waals surface area contributed by atoms with Gasteiger partial charge in [-0.15, -0.1) is 0 Å². The van der Waals surface area contributed by atoms with Crippen LogP contribution in [-0.2, 0) is 0 Å². The normalized spacial score (nSPS) is 21.8. The van der Waals surface area contributed by atoms with E-state index in [2.05, 4.69) is 23.3 Å². The van der Waals surface area contributed by atoms with Crippen LogP contribution in [0.15, 0.2) is 30.5 Å². The van der Waals surface area contributed by atoms with Crippen molar-refractivity contribution in [3.8, 4) is 6.07 Å². The number of nitriles is 1. The van der Waals surface area contributed by atoms with E-state index in [1.165, 1.54) is 18.6 Å². The zero-order valence-corrected chi connectivity index (χ0v) is 12.3. The summed E-state index contributed by atoms with van der Waals surface area (Å²) in [6.45, 7) is 3.19. The number of nitrogens with zero attached hydrogens (tertiary/aromatic N) is 2. The smallest absolute Gasteiger partial charge is 0.103 e. The molecular formula is C16H17N3S. The zero-order valence-electron chi connectivity index (χ0n) is 11.5. The van der Waals surface area contributed by atoms with Crippen molar-refractivity contribution in [2.24, 2.45) is 0 Å². The molecule has 0 spiro atoms. The Hall–Kier alpha value is -1.73. The fourth-order valence-corrected chi connectivity index (χ4v) is 3.91. The molecule has 2 heterocycles. The Morgan fingerprint density at radius 1 is 1.45 bits per heavy atom. The van der Waals surface area contributed by atoms with E-state index in [9.17, 15) is 5.26 Å². The predicted molar refractivity (Wildman–Crippen MR) is 85.0 cm³/mol.